The summed E-state index contributed by atoms with van der Waals surface area (Å²) < 4.78 is 2.51. The van der Waals surface area contributed by atoms with Crippen molar-refractivity contribution in [2.24, 2.45) is 0 Å². The molecule has 0 fully saturated rings. The molecular weight excluding hydrogens is 424 g/mol. The second kappa shape index (κ2) is 5.85. The number of allylic oxidation sites excluding steroid dienone is 2. The first kappa shape index (κ1) is 16.6. The first-order chi connectivity index (χ1) is 11.4. The molecule has 0 atom stereocenters. The van der Waals surface area contributed by atoms with E-state index in [1.807, 2.05) is 0 Å². The summed E-state index contributed by atoms with van der Waals surface area (Å²) >= 11 is 7.47. The Morgan fingerprint density at radius 1 is 0.625 bits per heavy atom. The quantitative estimate of drug-likeness (QED) is 0.400. The van der Waals surface area contributed by atoms with Crippen molar-refractivity contribution < 1.29 is 0 Å². The Labute approximate surface area is 161 Å². The minimum atomic E-state index is 1.18. The first-order valence-electron chi connectivity index (χ1n) is 8.70. The van der Waals surface area contributed by atoms with Gasteiger partial charge < -0.3 is 0 Å². The number of rotatable bonds is 0. The molecule has 2 aromatic rings. The molecule has 2 aliphatic rings. The van der Waals surface area contributed by atoms with E-state index in [0.29, 0.717) is 0 Å². The fourth-order valence-corrected chi connectivity index (χ4v) is 5.86. The zero-order valence-electron chi connectivity index (χ0n) is 14.7. The summed E-state index contributed by atoms with van der Waals surface area (Å²) in [5, 5.41) is 0. The minimum Gasteiger partial charge on any atom is -0.0505 e. The van der Waals surface area contributed by atoms with Crippen molar-refractivity contribution in [2.45, 2.75) is 53.4 Å². The van der Waals surface area contributed by atoms with Crippen LogP contribution in [0.1, 0.15) is 57.3 Å². The van der Waals surface area contributed by atoms with Gasteiger partial charge in [-0.15, -0.1) is 0 Å². The summed E-state index contributed by atoms with van der Waals surface area (Å²) in [4.78, 5) is 0. The van der Waals surface area contributed by atoms with Crippen molar-refractivity contribution in [3.63, 3.8) is 0 Å². The molecule has 0 radical (unpaired) electrons. The Kier molecular flexibility index (Phi) is 4.04. The Morgan fingerprint density at radius 2 is 1.00 bits per heavy atom. The van der Waals surface area contributed by atoms with Gasteiger partial charge in [0.2, 0.25) is 0 Å². The largest absolute Gasteiger partial charge is 0.0505 e. The van der Waals surface area contributed by atoms with Gasteiger partial charge in [0.05, 0.1) is 0 Å². The van der Waals surface area contributed by atoms with Gasteiger partial charge in [0, 0.05) is 8.95 Å². The van der Waals surface area contributed by atoms with Crippen molar-refractivity contribution in [3.05, 3.63) is 65.6 Å². The first-order valence-corrected chi connectivity index (χ1v) is 10.3. The predicted molar refractivity (Wildman–Crippen MR) is 111 cm³/mol. The summed E-state index contributed by atoms with van der Waals surface area (Å²) in [7, 11) is 0. The summed E-state index contributed by atoms with van der Waals surface area (Å²) in [5.41, 5.74) is 15.1. The molecule has 24 heavy (non-hydrogen) atoms. The van der Waals surface area contributed by atoms with Crippen LogP contribution in [0, 0.1) is 27.7 Å². The number of halogens is 2. The molecule has 2 aliphatic carbocycles. The molecule has 2 aromatic carbocycles. The highest BCUT2D eigenvalue weighted by Gasteiger charge is 2.29. The summed E-state index contributed by atoms with van der Waals surface area (Å²) in [6.07, 6.45) is 4.75. The van der Waals surface area contributed by atoms with Crippen LogP contribution >= 0.6 is 31.9 Å². The smallest absolute Gasteiger partial charge is 0.0210 e. The molecular formula is C22H22Br2. The van der Waals surface area contributed by atoms with Crippen LogP contribution in [-0.2, 0) is 12.8 Å². The molecule has 0 aromatic heterocycles. The molecule has 0 nitrogen and oxygen atoms in total. The second-order valence-electron chi connectivity index (χ2n) is 7.26. The third kappa shape index (κ3) is 2.29. The van der Waals surface area contributed by atoms with E-state index in [1.165, 1.54) is 56.9 Å². The van der Waals surface area contributed by atoms with E-state index in [1.54, 1.807) is 33.4 Å². The Hall–Kier alpha value is -0.860. The lowest BCUT2D eigenvalue weighted by molar-refractivity contribution is 1.04. The summed E-state index contributed by atoms with van der Waals surface area (Å²) in [5.74, 6) is 0. The van der Waals surface area contributed by atoms with E-state index in [0.717, 1.165) is 0 Å². The number of hydrogen-bond donors (Lipinski definition) is 0. The maximum Gasteiger partial charge on any atom is 0.0210 e. The summed E-state index contributed by atoms with van der Waals surface area (Å²) in [6, 6.07) is 4.60. The van der Waals surface area contributed by atoms with E-state index in [2.05, 4.69) is 71.7 Å². The zero-order chi connectivity index (χ0) is 17.2. The maximum atomic E-state index is 3.74. The highest BCUT2D eigenvalue weighted by Crippen LogP contribution is 2.48. The lowest BCUT2D eigenvalue weighted by Crippen LogP contribution is -1.96. The number of benzene rings is 2. The predicted octanol–water partition coefficient (Wildman–Crippen LogP) is 7.25. The monoisotopic (exact) mass is 444 g/mol. The second-order valence-corrected chi connectivity index (χ2v) is 8.97. The average Bonchev–Trinajstić information content (AvgIpc) is 3.14. The molecule has 0 bridgehead atoms. The van der Waals surface area contributed by atoms with Gasteiger partial charge >= 0.3 is 0 Å². The van der Waals surface area contributed by atoms with E-state index >= 15 is 0 Å². The SMILES string of the molecule is Cc1cc(Br)c(C)c2c1C(=C1CCc3c(C)c(Br)cc(C)c31)CC2. The molecule has 0 heterocycles. The zero-order valence-corrected chi connectivity index (χ0v) is 17.9. The lowest BCUT2D eigenvalue weighted by atomic mass is 9.90. The standard InChI is InChI=1S/C22H22Br2/c1-11-9-19(23)13(3)15-5-7-17(21(11)15)18-8-6-16-14(4)20(24)10-12(2)22(16)18/h9-10H,5-8H2,1-4H3. The van der Waals surface area contributed by atoms with Crippen molar-refractivity contribution in [1.82, 2.24) is 0 Å². The molecule has 0 saturated carbocycles. The molecule has 2 heteroatoms. The van der Waals surface area contributed by atoms with Crippen LogP contribution in [0.25, 0.3) is 11.1 Å². The maximum absolute atomic E-state index is 3.74. The van der Waals surface area contributed by atoms with E-state index in [4.69, 9.17) is 0 Å². The van der Waals surface area contributed by atoms with Gasteiger partial charge in [-0.2, -0.15) is 0 Å². The van der Waals surface area contributed by atoms with Gasteiger partial charge in [-0.1, -0.05) is 31.9 Å². The highest BCUT2D eigenvalue weighted by molar-refractivity contribution is 9.10. The van der Waals surface area contributed by atoms with E-state index in [-0.39, 0.29) is 0 Å². The minimum absolute atomic E-state index is 1.18. The summed E-state index contributed by atoms with van der Waals surface area (Å²) in [6.45, 7) is 9.05. The molecule has 4 rings (SSSR count). The number of fused-ring (bicyclic) bond motifs is 2. The highest BCUT2D eigenvalue weighted by atomic mass is 79.9. The molecule has 0 saturated heterocycles. The van der Waals surface area contributed by atoms with E-state index in [9.17, 15) is 0 Å². The van der Waals surface area contributed by atoms with Gasteiger partial charge in [-0.3, -0.25) is 0 Å². The van der Waals surface area contributed by atoms with Crippen molar-refractivity contribution in [1.29, 1.82) is 0 Å². The fourth-order valence-electron chi connectivity index (χ4n) is 4.70. The Balaban J connectivity index is 2.00. The van der Waals surface area contributed by atoms with Crippen LogP contribution in [-0.4, -0.2) is 0 Å². The van der Waals surface area contributed by atoms with Crippen LogP contribution in [0.3, 0.4) is 0 Å². The van der Waals surface area contributed by atoms with Crippen molar-refractivity contribution in [2.75, 3.05) is 0 Å². The molecule has 0 aliphatic heterocycles. The van der Waals surface area contributed by atoms with Gasteiger partial charge in [-0.05, 0) is 121 Å². The van der Waals surface area contributed by atoms with Crippen molar-refractivity contribution in [3.8, 4) is 0 Å². The van der Waals surface area contributed by atoms with Crippen LogP contribution in [0.4, 0.5) is 0 Å². The van der Waals surface area contributed by atoms with Gasteiger partial charge in [0.15, 0.2) is 0 Å². The average molecular weight is 446 g/mol. The Morgan fingerprint density at radius 3 is 1.38 bits per heavy atom. The number of hydrogen-bond acceptors (Lipinski definition) is 0. The van der Waals surface area contributed by atoms with Gasteiger partial charge in [0.25, 0.3) is 0 Å². The third-order valence-corrected chi connectivity index (χ3v) is 7.57. The van der Waals surface area contributed by atoms with Gasteiger partial charge in [0.1, 0.15) is 0 Å². The molecule has 0 spiro atoms. The Bertz CT molecular complexity index is 841. The molecule has 0 amide bonds. The van der Waals surface area contributed by atoms with Crippen LogP contribution in [0.15, 0.2) is 21.1 Å². The fraction of sp³-hybridized carbons (Fsp3) is 0.364. The lowest BCUT2D eigenvalue weighted by Gasteiger charge is -2.16. The van der Waals surface area contributed by atoms with Crippen LogP contribution < -0.4 is 0 Å². The molecule has 124 valence electrons. The normalized spacial score (nSPS) is 18.9. The van der Waals surface area contributed by atoms with Gasteiger partial charge in [-0.25, -0.2) is 0 Å². The molecule has 0 N–H and O–H groups in total. The topological polar surface area (TPSA) is 0 Å². The van der Waals surface area contributed by atoms with Crippen LogP contribution in [0.2, 0.25) is 0 Å². The molecule has 0 unspecified atom stereocenters. The van der Waals surface area contributed by atoms with Crippen LogP contribution in [0.5, 0.6) is 0 Å². The number of aryl methyl sites for hydroxylation is 2. The third-order valence-electron chi connectivity index (χ3n) is 5.92. The van der Waals surface area contributed by atoms with E-state index < -0.39 is 0 Å². The van der Waals surface area contributed by atoms with Crippen molar-refractivity contribution >= 4 is 43.0 Å².